The van der Waals surface area contributed by atoms with E-state index in [-0.39, 0.29) is 17.7 Å². The van der Waals surface area contributed by atoms with Crippen molar-refractivity contribution in [2.24, 2.45) is 5.73 Å². The van der Waals surface area contributed by atoms with Crippen LogP contribution in [0.15, 0.2) is 12.7 Å². The van der Waals surface area contributed by atoms with Crippen LogP contribution in [-0.4, -0.2) is 25.6 Å². The summed E-state index contributed by atoms with van der Waals surface area (Å²) in [4.78, 5) is 11.2. The van der Waals surface area contributed by atoms with E-state index in [4.69, 9.17) is 5.73 Å². The molecule has 0 heterocycles. The number of nitrogens with two attached hydrogens (primary N) is 1. The molecule has 3 N–H and O–H groups in total. The summed E-state index contributed by atoms with van der Waals surface area (Å²) >= 11 is 0. The van der Waals surface area contributed by atoms with Gasteiger partial charge in [0, 0.05) is 12.5 Å². The molecule has 1 fully saturated rings. The van der Waals surface area contributed by atoms with E-state index in [2.05, 4.69) is 6.58 Å². The quantitative estimate of drug-likeness (QED) is 0.625. The van der Waals surface area contributed by atoms with E-state index >= 15 is 0 Å². The zero-order valence-electron chi connectivity index (χ0n) is 8.48. The Morgan fingerprint density at radius 3 is 2.67 bits per heavy atom. The number of carbonyl (C=O) groups excluding carboxylic acids is 1. The van der Waals surface area contributed by atoms with Crippen molar-refractivity contribution in [1.82, 2.24) is 4.72 Å². The Balaban J connectivity index is 2.32. The SMILES string of the molecule is C=C[C@@H](N)CCC(=O)NS(=O)(=O)C1CC1. The third-order valence-electron chi connectivity index (χ3n) is 2.23. The number of hydrogen-bond acceptors (Lipinski definition) is 4. The minimum atomic E-state index is -3.41. The molecule has 1 aliphatic rings. The van der Waals surface area contributed by atoms with Crippen molar-refractivity contribution in [3.8, 4) is 0 Å². The summed E-state index contributed by atoms with van der Waals surface area (Å²) in [6.07, 6.45) is 3.35. The van der Waals surface area contributed by atoms with Crippen LogP contribution in [0.1, 0.15) is 25.7 Å². The molecule has 0 aromatic heterocycles. The summed E-state index contributed by atoms with van der Waals surface area (Å²) < 4.78 is 24.7. The van der Waals surface area contributed by atoms with Crippen LogP contribution in [0.3, 0.4) is 0 Å². The molecule has 5 nitrogen and oxygen atoms in total. The first-order valence-electron chi connectivity index (χ1n) is 4.88. The molecule has 0 aromatic rings. The number of sulfonamides is 1. The van der Waals surface area contributed by atoms with E-state index < -0.39 is 15.9 Å². The van der Waals surface area contributed by atoms with Crippen LogP contribution in [0.2, 0.25) is 0 Å². The van der Waals surface area contributed by atoms with Gasteiger partial charge in [-0.15, -0.1) is 6.58 Å². The minimum Gasteiger partial charge on any atom is -0.324 e. The molecule has 0 unspecified atom stereocenters. The number of hydrogen-bond donors (Lipinski definition) is 2. The van der Waals surface area contributed by atoms with Gasteiger partial charge in [-0.25, -0.2) is 8.42 Å². The van der Waals surface area contributed by atoms with Gasteiger partial charge in [0.2, 0.25) is 15.9 Å². The van der Waals surface area contributed by atoms with E-state index in [1.54, 1.807) is 0 Å². The third-order valence-corrected chi connectivity index (χ3v) is 4.09. The molecule has 86 valence electrons. The van der Waals surface area contributed by atoms with Crippen molar-refractivity contribution in [2.45, 2.75) is 37.0 Å². The van der Waals surface area contributed by atoms with E-state index in [0.717, 1.165) is 0 Å². The molecule has 0 radical (unpaired) electrons. The van der Waals surface area contributed by atoms with Crippen LogP contribution in [0.4, 0.5) is 0 Å². The average Bonchev–Trinajstić information content (AvgIpc) is 2.96. The molecule has 15 heavy (non-hydrogen) atoms. The van der Waals surface area contributed by atoms with Crippen LogP contribution in [-0.2, 0) is 14.8 Å². The minimum absolute atomic E-state index is 0.110. The highest BCUT2D eigenvalue weighted by Gasteiger charge is 2.36. The molecule has 0 spiro atoms. The highest BCUT2D eigenvalue weighted by molar-refractivity contribution is 7.90. The van der Waals surface area contributed by atoms with Crippen LogP contribution in [0, 0.1) is 0 Å². The topological polar surface area (TPSA) is 89.3 Å². The predicted molar refractivity (Wildman–Crippen MR) is 57.5 cm³/mol. The van der Waals surface area contributed by atoms with Crippen LogP contribution in [0.25, 0.3) is 0 Å². The molecule has 0 saturated heterocycles. The number of nitrogens with one attached hydrogen (secondary N) is 1. The van der Waals surface area contributed by atoms with Crippen molar-refractivity contribution < 1.29 is 13.2 Å². The summed E-state index contributed by atoms with van der Waals surface area (Å²) in [7, 11) is -3.41. The summed E-state index contributed by atoms with van der Waals surface area (Å²) in [5.41, 5.74) is 5.51. The molecule has 6 heteroatoms. The molecule has 0 aliphatic heterocycles. The monoisotopic (exact) mass is 232 g/mol. The first kappa shape index (κ1) is 12.2. The van der Waals surface area contributed by atoms with E-state index in [0.29, 0.717) is 19.3 Å². The fraction of sp³-hybridized carbons (Fsp3) is 0.667. The lowest BCUT2D eigenvalue weighted by Crippen LogP contribution is -2.34. The lowest BCUT2D eigenvalue weighted by Gasteiger charge is -2.07. The van der Waals surface area contributed by atoms with Crippen LogP contribution < -0.4 is 10.5 Å². The Morgan fingerprint density at radius 2 is 2.20 bits per heavy atom. The first-order valence-corrected chi connectivity index (χ1v) is 6.43. The summed E-state index contributed by atoms with van der Waals surface area (Å²) in [6, 6.07) is -0.264. The van der Waals surface area contributed by atoms with Crippen LogP contribution >= 0.6 is 0 Å². The van der Waals surface area contributed by atoms with Gasteiger partial charge in [-0.1, -0.05) is 6.08 Å². The molecule has 1 amide bonds. The van der Waals surface area contributed by atoms with E-state index in [1.165, 1.54) is 6.08 Å². The van der Waals surface area contributed by atoms with Gasteiger partial charge in [-0.3, -0.25) is 9.52 Å². The largest absolute Gasteiger partial charge is 0.324 e. The lowest BCUT2D eigenvalue weighted by atomic mass is 10.2. The Bertz CT molecular complexity index is 346. The third kappa shape index (κ3) is 4.01. The summed E-state index contributed by atoms with van der Waals surface area (Å²) in [6.45, 7) is 3.48. The van der Waals surface area contributed by atoms with Gasteiger partial charge in [-0.05, 0) is 19.3 Å². The number of amides is 1. The molecular weight excluding hydrogens is 216 g/mol. The van der Waals surface area contributed by atoms with E-state index in [9.17, 15) is 13.2 Å². The lowest BCUT2D eigenvalue weighted by molar-refractivity contribution is -0.119. The van der Waals surface area contributed by atoms with Crippen LogP contribution in [0.5, 0.6) is 0 Å². The fourth-order valence-electron chi connectivity index (χ4n) is 1.09. The Hall–Kier alpha value is -0.880. The summed E-state index contributed by atoms with van der Waals surface area (Å²) in [5, 5.41) is -0.366. The highest BCUT2D eigenvalue weighted by Crippen LogP contribution is 2.27. The molecule has 0 aromatic carbocycles. The zero-order chi connectivity index (χ0) is 11.5. The Kier molecular flexibility index (Phi) is 3.87. The fourth-order valence-corrected chi connectivity index (χ4v) is 2.43. The molecule has 1 saturated carbocycles. The van der Waals surface area contributed by atoms with Gasteiger partial charge in [0.15, 0.2) is 0 Å². The maximum atomic E-state index is 11.3. The second-order valence-electron chi connectivity index (χ2n) is 3.71. The second kappa shape index (κ2) is 4.76. The molecule has 1 atom stereocenters. The summed E-state index contributed by atoms with van der Waals surface area (Å²) in [5.74, 6) is -0.487. The number of carbonyl (C=O) groups is 1. The van der Waals surface area contributed by atoms with Crippen molar-refractivity contribution in [2.75, 3.05) is 0 Å². The van der Waals surface area contributed by atoms with Gasteiger partial charge in [0.05, 0.1) is 5.25 Å². The highest BCUT2D eigenvalue weighted by atomic mass is 32.2. The maximum absolute atomic E-state index is 11.3. The first-order chi connectivity index (χ1) is 6.95. The average molecular weight is 232 g/mol. The van der Waals surface area contributed by atoms with Crippen molar-refractivity contribution >= 4 is 15.9 Å². The van der Waals surface area contributed by atoms with E-state index in [1.807, 2.05) is 4.72 Å². The zero-order valence-corrected chi connectivity index (χ0v) is 9.29. The standard InChI is InChI=1S/C9H16N2O3S/c1-2-7(10)3-6-9(12)11-15(13,14)8-4-5-8/h2,7-8H,1,3-6,10H2,(H,11,12)/t7-/m1/s1. The van der Waals surface area contributed by atoms with Gasteiger partial charge in [0.25, 0.3) is 0 Å². The molecular formula is C9H16N2O3S. The molecule has 1 aliphatic carbocycles. The van der Waals surface area contributed by atoms with Crippen molar-refractivity contribution in [1.29, 1.82) is 0 Å². The Morgan fingerprint density at radius 1 is 1.60 bits per heavy atom. The predicted octanol–water partition coefficient (Wildman–Crippen LogP) is -0.112. The van der Waals surface area contributed by atoms with Gasteiger partial charge >= 0.3 is 0 Å². The van der Waals surface area contributed by atoms with Gasteiger partial charge in [-0.2, -0.15) is 0 Å². The second-order valence-corrected chi connectivity index (χ2v) is 5.67. The van der Waals surface area contributed by atoms with Gasteiger partial charge < -0.3 is 5.73 Å². The van der Waals surface area contributed by atoms with Crippen molar-refractivity contribution in [3.05, 3.63) is 12.7 Å². The smallest absolute Gasteiger partial charge is 0.237 e. The molecule has 1 rings (SSSR count). The number of rotatable bonds is 6. The Labute approximate surface area is 89.8 Å². The molecule has 0 bridgehead atoms. The maximum Gasteiger partial charge on any atom is 0.237 e. The van der Waals surface area contributed by atoms with Crippen molar-refractivity contribution in [3.63, 3.8) is 0 Å². The van der Waals surface area contributed by atoms with Gasteiger partial charge in [0.1, 0.15) is 0 Å². The normalized spacial score (nSPS) is 18.2.